The number of hydrogen-bond acceptors (Lipinski definition) is 8. The van der Waals surface area contributed by atoms with E-state index < -0.39 is 51.1 Å². The van der Waals surface area contributed by atoms with Crippen molar-refractivity contribution >= 4 is 64.7 Å². The topological polar surface area (TPSA) is 123 Å². The molecule has 10 nitrogen and oxygen atoms in total. The molecule has 2 saturated heterocycles. The normalized spacial score (nSPS) is 28.8. The minimum atomic E-state index is -2.01. The number of benzene rings is 3. The average molecular weight is 718 g/mol. The molecular weight excluding hydrogens is 683 g/mol. The number of alkyl halides is 2. The Morgan fingerprint density at radius 2 is 1.50 bits per heavy atom. The third kappa shape index (κ3) is 4.75. The molecule has 4 amide bonds. The van der Waals surface area contributed by atoms with Gasteiger partial charge in [-0.15, -0.1) is 23.2 Å². The molecule has 12 heteroatoms. The second kappa shape index (κ2) is 12.2. The number of amides is 4. The third-order valence-electron chi connectivity index (χ3n) is 10.6. The molecule has 6 atom stereocenters. The quantitative estimate of drug-likeness (QED) is 0.141. The van der Waals surface area contributed by atoms with E-state index in [4.69, 9.17) is 37.4 Å². The largest absolute Gasteiger partial charge is 0.508 e. The van der Waals surface area contributed by atoms with Crippen molar-refractivity contribution in [3.8, 4) is 23.0 Å². The van der Waals surface area contributed by atoms with Crippen LogP contribution in [0.25, 0.3) is 12.2 Å². The Morgan fingerprint density at radius 3 is 2.18 bits per heavy atom. The summed E-state index contributed by atoms with van der Waals surface area (Å²) in [6.45, 7) is 0. The van der Waals surface area contributed by atoms with Crippen LogP contribution in [-0.2, 0) is 19.2 Å². The second-order valence-electron chi connectivity index (χ2n) is 13.0. The van der Waals surface area contributed by atoms with Crippen molar-refractivity contribution in [2.24, 2.45) is 17.8 Å². The minimum absolute atomic E-state index is 0.147. The Labute approximate surface area is 298 Å². The molecule has 3 fully saturated rings. The van der Waals surface area contributed by atoms with Gasteiger partial charge in [0.15, 0.2) is 9.75 Å². The maximum absolute atomic E-state index is 14.4. The van der Waals surface area contributed by atoms with Gasteiger partial charge >= 0.3 is 0 Å². The summed E-state index contributed by atoms with van der Waals surface area (Å²) in [5.74, 6) is -4.03. The van der Waals surface area contributed by atoms with Gasteiger partial charge in [0.25, 0.3) is 11.8 Å². The van der Waals surface area contributed by atoms with E-state index >= 15 is 0 Å². The third-order valence-corrected chi connectivity index (χ3v) is 12.0. The summed E-state index contributed by atoms with van der Waals surface area (Å²) in [6.07, 6.45) is 5.64. The number of nitrogens with zero attached hydrogens (tertiary/aromatic N) is 2. The zero-order chi connectivity index (χ0) is 35.7. The van der Waals surface area contributed by atoms with Gasteiger partial charge in [0, 0.05) is 24.1 Å². The lowest BCUT2D eigenvalue weighted by Gasteiger charge is -2.50. The van der Waals surface area contributed by atoms with Crippen LogP contribution < -0.4 is 19.1 Å². The molecule has 0 bridgehead atoms. The van der Waals surface area contributed by atoms with Crippen LogP contribution in [0.2, 0.25) is 0 Å². The number of carbonyl (C=O) groups is 4. The molecule has 2 heterocycles. The van der Waals surface area contributed by atoms with Crippen LogP contribution in [-0.4, -0.2) is 71.8 Å². The number of aromatic hydroxyl groups is 1. The molecule has 0 spiro atoms. The standard InChI is InChI=1S/C38H34Cl2N2O8/c1-41-35(46)37(39)19-28-25(32(38(37,40)36(41)47)27-18-24(49-3)11-15-29(27)43)13-14-26-31(28)34(45)42(33(26)44)22-9-6-20(7-10-22)5-8-21-17-23(48-2)12-16-30(21)50-4/h5-13,15-18,26,28,31-32,43H,14,19H2,1-4H3/t26-,28+,31-,32+,37+,38-/m0/s1. The van der Waals surface area contributed by atoms with Crippen molar-refractivity contribution in [1.29, 1.82) is 0 Å². The fourth-order valence-electron chi connectivity index (χ4n) is 8.12. The van der Waals surface area contributed by atoms with Crippen molar-refractivity contribution in [3.05, 3.63) is 89.0 Å². The molecule has 4 aliphatic rings. The number of halogens is 2. The lowest BCUT2D eigenvalue weighted by Crippen LogP contribution is -2.60. The predicted molar refractivity (Wildman–Crippen MR) is 188 cm³/mol. The smallest absolute Gasteiger partial charge is 0.253 e. The number of methoxy groups -OCH3 is 3. The van der Waals surface area contributed by atoms with Crippen molar-refractivity contribution in [2.75, 3.05) is 33.3 Å². The zero-order valence-corrected chi connectivity index (χ0v) is 29.2. The minimum Gasteiger partial charge on any atom is -0.508 e. The van der Waals surface area contributed by atoms with E-state index in [0.717, 1.165) is 16.0 Å². The van der Waals surface area contributed by atoms with Gasteiger partial charge in [-0.1, -0.05) is 35.9 Å². The van der Waals surface area contributed by atoms with Crippen molar-refractivity contribution in [1.82, 2.24) is 4.90 Å². The van der Waals surface area contributed by atoms with E-state index in [2.05, 4.69) is 0 Å². The number of carbonyl (C=O) groups excluding carboxylic acids is 4. The van der Waals surface area contributed by atoms with Crippen molar-refractivity contribution in [2.45, 2.75) is 28.5 Å². The van der Waals surface area contributed by atoms with Gasteiger partial charge in [-0.25, -0.2) is 0 Å². The highest BCUT2D eigenvalue weighted by molar-refractivity contribution is 6.53. The molecule has 3 aromatic carbocycles. The van der Waals surface area contributed by atoms with Gasteiger partial charge in [0.1, 0.15) is 23.0 Å². The second-order valence-corrected chi connectivity index (χ2v) is 14.2. The summed E-state index contributed by atoms with van der Waals surface area (Å²) in [5.41, 5.74) is 2.85. The number of hydrogen-bond donors (Lipinski definition) is 1. The Balaban J connectivity index is 1.24. The summed E-state index contributed by atoms with van der Waals surface area (Å²) in [7, 11) is 5.96. The maximum Gasteiger partial charge on any atom is 0.253 e. The fourth-order valence-corrected chi connectivity index (χ4v) is 9.14. The number of phenolic OH excluding ortho intramolecular Hbond substituents is 1. The first-order valence-corrected chi connectivity index (χ1v) is 16.8. The molecule has 50 heavy (non-hydrogen) atoms. The Hall–Kier alpha value is -4.80. The van der Waals surface area contributed by atoms with E-state index in [1.807, 2.05) is 36.4 Å². The number of fused-ring (bicyclic) bond motifs is 4. The van der Waals surface area contributed by atoms with Crippen LogP contribution in [0.5, 0.6) is 23.0 Å². The highest BCUT2D eigenvalue weighted by Crippen LogP contribution is 2.66. The number of likely N-dealkylation sites (tertiary alicyclic amines) is 1. The molecule has 2 aliphatic heterocycles. The molecule has 258 valence electrons. The summed E-state index contributed by atoms with van der Waals surface area (Å²) >= 11 is 14.5. The van der Waals surface area contributed by atoms with Crippen molar-refractivity contribution in [3.63, 3.8) is 0 Å². The predicted octanol–water partition coefficient (Wildman–Crippen LogP) is 5.78. The van der Waals surface area contributed by atoms with E-state index in [9.17, 15) is 24.3 Å². The lowest BCUT2D eigenvalue weighted by molar-refractivity contribution is -0.138. The van der Waals surface area contributed by atoms with E-state index in [0.29, 0.717) is 28.5 Å². The summed E-state index contributed by atoms with van der Waals surface area (Å²) in [6, 6.07) is 17.0. The number of imide groups is 2. The van der Waals surface area contributed by atoms with Crippen LogP contribution in [0, 0.1) is 17.8 Å². The highest BCUT2D eigenvalue weighted by atomic mass is 35.5. The molecule has 0 unspecified atom stereocenters. The van der Waals surface area contributed by atoms with Crippen molar-refractivity contribution < 1.29 is 38.5 Å². The highest BCUT2D eigenvalue weighted by Gasteiger charge is 2.76. The first-order chi connectivity index (χ1) is 23.9. The summed E-state index contributed by atoms with van der Waals surface area (Å²) < 4.78 is 16.2. The molecule has 3 aromatic rings. The SMILES string of the molecule is COc1ccc(OC)c(C=Cc2ccc(N3C(=O)[C@H]4[C@H](CC=C5[C@H]4C[C@@]4(Cl)C(=O)N(C)C(=O)[C@@]4(Cl)[C@H]5c4cc(OC)ccc4O)C3=O)cc2)c1. The fraction of sp³-hybridized carbons (Fsp3) is 0.316. The van der Waals surface area contributed by atoms with Gasteiger partial charge in [0.05, 0.1) is 38.9 Å². The Kier molecular flexibility index (Phi) is 8.22. The Morgan fingerprint density at radius 1 is 0.820 bits per heavy atom. The molecule has 0 aromatic heterocycles. The Bertz CT molecular complexity index is 2010. The maximum atomic E-state index is 14.4. The lowest BCUT2D eigenvalue weighted by atomic mass is 9.56. The van der Waals surface area contributed by atoms with E-state index in [1.165, 1.54) is 25.1 Å². The monoisotopic (exact) mass is 716 g/mol. The van der Waals surface area contributed by atoms with Gasteiger partial charge in [0.2, 0.25) is 11.8 Å². The molecule has 1 N–H and O–H groups in total. The molecular formula is C38H34Cl2N2O8. The van der Waals surface area contributed by atoms with Crippen LogP contribution in [0.15, 0.2) is 72.3 Å². The molecule has 7 rings (SSSR count). The van der Waals surface area contributed by atoms with Gasteiger partial charge in [-0.3, -0.25) is 29.0 Å². The first kappa shape index (κ1) is 33.7. The summed E-state index contributed by atoms with van der Waals surface area (Å²) in [4.78, 5) is 54.0. The van der Waals surface area contributed by atoms with E-state index in [-0.39, 0.29) is 30.1 Å². The van der Waals surface area contributed by atoms with Gasteiger partial charge in [-0.2, -0.15) is 0 Å². The van der Waals surface area contributed by atoms with Gasteiger partial charge in [-0.05, 0) is 72.9 Å². The first-order valence-electron chi connectivity index (χ1n) is 16.0. The van der Waals surface area contributed by atoms with Crippen LogP contribution in [0.3, 0.4) is 0 Å². The number of ether oxygens (including phenoxy) is 3. The number of allylic oxidation sites excluding steroid dienone is 2. The number of rotatable bonds is 7. The molecule has 2 aliphatic carbocycles. The van der Waals surface area contributed by atoms with E-state index in [1.54, 1.807) is 50.6 Å². The summed E-state index contributed by atoms with van der Waals surface area (Å²) in [5, 5.41) is 11.1. The zero-order valence-electron chi connectivity index (χ0n) is 27.7. The molecule has 0 radical (unpaired) electrons. The van der Waals surface area contributed by atoms with Gasteiger partial charge < -0.3 is 19.3 Å². The van der Waals surface area contributed by atoms with Crippen LogP contribution >= 0.6 is 23.2 Å². The number of phenols is 1. The van der Waals surface area contributed by atoms with Crippen LogP contribution in [0.4, 0.5) is 5.69 Å². The van der Waals surface area contributed by atoms with Crippen LogP contribution in [0.1, 0.15) is 35.4 Å². The molecule has 1 saturated carbocycles. The average Bonchev–Trinajstić information content (AvgIpc) is 3.45. The number of anilines is 1.